The van der Waals surface area contributed by atoms with Gasteiger partial charge in [0.25, 0.3) is 0 Å². The molecule has 3 N–H and O–H groups in total. The fourth-order valence-corrected chi connectivity index (χ4v) is 2.74. The highest BCUT2D eigenvalue weighted by Crippen LogP contribution is 2.43. The Labute approximate surface area is 106 Å². The Bertz CT molecular complexity index is 498. The molecule has 0 atom stereocenters. The Kier molecular flexibility index (Phi) is 2.96. The van der Waals surface area contributed by atoms with Crippen molar-refractivity contribution in [1.82, 2.24) is 9.97 Å². The zero-order chi connectivity index (χ0) is 12.4. The molecule has 1 aliphatic rings. The zero-order valence-electron chi connectivity index (χ0n) is 10.4. The van der Waals surface area contributed by atoms with Crippen LogP contribution in [0.25, 0.3) is 11.0 Å². The van der Waals surface area contributed by atoms with Crippen molar-refractivity contribution in [2.45, 2.75) is 25.7 Å². The van der Waals surface area contributed by atoms with E-state index in [1.807, 2.05) is 24.3 Å². The molecule has 1 aromatic heterocycles. The van der Waals surface area contributed by atoms with Crippen LogP contribution in [0.5, 0.6) is 0 Å². The van der Waals surface area contributed by atoms with E-state index < -0.39 is 0 Å². The molecule has 0 amide bonds. The molecule has 0 bridgehead atoms. The first-order valence-electron chi connectivity index (χ1n) is 6.61. The summed E-state index contributed by atoms with van der Waals surface area (Å²) in [5.74, 6) is 0.834. The summed E-state index contributed by atoms with van der Waals surface area (Å²) < 4.78 is 0. The molecule has 3 rings (SSSR count). The highest BCUT2D eigenvalue weighted by atomic mass is 16.3. The summed E-state index contributed by atoms with van der Waals surface area (Å²) in [6.45, 7) is 1.18. The number of aromatic nitrogens is 2. The Morgan fingerprint density at radius 1 is 1.33 bits per heavy atom. The number of nitrogens with one attached hydrogen (secondary N) is 2. The minimum Gasteiger partial charge on any atom is -0.396 e. The van der Waals surface area contributed by atoms with Gasteiger partial charge < -0.3 is 15.4 Å². The van der Waals surface area contributed by atoms with Gasteiger partial charge in [-0.3, -0.25) is 0 Å². The highest BCUT2D eigenvalue weighted by molar-refractivity contribution is 5.77. The largest absolute Gasteiger partial charge is 0.396 e. The van der Waals surface area contributed by atoms with Crippen molar-refractivity contribution in [3.05, 3.63) is 24.3 Å². The topological polar surface area (TPSA) is 60.9 Å². The summed E-state index contributed by atoms with van der Waals surface area (Å²) >= 11 is 0. The predicted octanol–water partition coefficient (Wildman–Crippen LogP) is 2.53. The van der Waals surface area contributed by atoms with Crippen LogP contribution in [0.15, 0.2) is 24.3 Å². The van der Waals surface area contributed by atoms with Crippen molar-refractivity contribution in [1.29, 1.82) is 0 Å². The van der Waals surface area contributed by atoms with Gasteiger partial charge in [-0.25, -0.2) is 4.98 Å². The van der Waals surface area contributed by atoms with Crippen LogP contribution < -0.4 is 5.32 Å². The van der Waals surface area contributed by atoms with Crippen molar-refractivity contribution >= 4 is 17.0 Å². The van der Waals surface area contributed by atoms with E-state index in [0.717, 1.165) is 29.9 Å². The lowest BCUT2D eigenvalue weighted by Crippen LogP contribution is -2.37. The number of fused-ring (bicyclic) bond motifs is 1. The van der Waals surface area contributed by atoms with E-state index in [4.69, 9.17) is 5.11 Å². The second-order valence-corrected chi connectivity index (χ2v) is 5.28. The van der Waals surface area contributed by atoms with E-state index in [1.54, 1.807) is 0 Å². The van der Waals surface area contributed by atoms with Gasteiger partial charge >= 0.3 is 0 Å². The number of benzene rings is 1. The molecule has 96 valence electrons. The van der Waals surface area contributed by atoms with Crippen LogP contribution in [0.4, 0.5) is 5.95 Å². The van der Waals surface area contributed by atoms with Gasteiger partial charge in [0.1, 0.15) is 0 Å². The molecule has 0 aliphatic heterocycles. The molecule has 0 saturated heterocycles. The summed E-state index contributed by atoms with van der Waals surface area (Å²) in [6.07, 6.45) is 4.59. The minimum absolute atomic E-state index is 0.280. The van der Waals surface area contributed by atoms with Crippen LogP contribution in [-0.2, 0) is 0 Å². The summed E-state index contributed by atoms with van der Waals surface area (Å²) in [5.41, 5.74) is 2.34. The minimum atomic E-state index is 0.280. The number of aromatic amines is 1. The maximum atomic E-state index is 9.13. The number of H-pyrrole nitrogens is 1. The van der Waals surface area contributed by atoms with Crippen molar-refractivity contribution in [2.75, 3.05) is 18.5 Å². The molecule has 2 aromatic rings. The SMILES string of the molecule is OCCC1(CNc2nc3ccccc3[nH]2)CCC1. The van der Waals surface area contributed by atoms with Gasteiger partial charge in [-0.15, -0.1) is 0 Å². The van der Waals surface area contributed by atoms with Crippen LogP contribution in [0.3, 0.4) is 0 Å². The maximum absolute atomic E-state index is 9.13. The summed E-state index contributed by atoms with van der Waals surface area (Å²) in [5, 5.41) is 12.5. The van der Waals surface area contributed by atoms with E-state index in [1.165, 1.54) is 19.3 Å². The van der Waals surface area contributed by atoms with Crippen LogP contribution in [-0.4, -0.2) is 28.2 Å². The lowest BCUT2D eigenvalue weighted by molar-refractivity contribution is 0.101. The molecule has 0 radical (unpaired) electrons. The maximum Gasteiger partial charge on any atom is 0.201 e. The van der Waals surface area contributed by atoms with Gasteiger partial charge in [0, 0.05) is 13.2 Å². The molecule has 0 spiro atoms. The first kappa shape index (κ1) is 11.5. The number of hydrogen-bond acceptors (Lipinski definition) is 3. The molecular weight excluding hydrogens is 226 g/mol. The van der Waals surface area contributed by atoms with E-state index in [0.29, 0.717) is 0 Å². The second-order valence-electron chi connectivity index (χ2n) is 5.28. The van der Waals surface area contributed by atoms with E-state index >= 15 is 0 Å². The first-order chi connectivity index (χ1) is 8.81. The number of hydrogen-bond donors (Lipinski definition) is 3. The number of aliphatic hydroxyl groups excluding tert-OH is 1. The van der Waals surface area contributed by atoms with Crippen LogP contribution in [0.2, 0.25) is 0 Å². The van der Waals surface area contributed by atoms with Crippen molar-refractivity contribution < 1.29 is 5.11 Å². The fourth-order valence-electron chi connectivity index (χ4n) is 2.74. The van der Waals surface area contributed by atoms with Crippen molar-refractivity contribution in [2.24, 2.45) is 5.41 Å². The van der Waals surface area contributed by atoms with Crippen LogP contribution >= 0.6 is 0 Å². The molecule has 1 fully saturated rings. The summed E-state index contributed by atoms with van der Waals surface area (Å²) in [6, 6.07) is 8.03. The number of anilines is 1. The zero-order valence-corrected chi connectivity index (χ0v) is 10.4. The first-order valence-corrected chi connectivity index (χ1v) is 6.61. The molecule has 18 heavy (non-hydrogen) atoms. The number of nitrogens with zero attached hydrogens (tertiary/aromatic N) is 1. The Morgan fingerprint density at radius 2 is 2.17 bits per heavy atom. The van der Waals surface area contributed by atoms with E-state index in [9.17, 15) is 0 Å². The molecule has 1 aliphatic carbocycles. The monoisotopic (exact) mass is 245 g/mol. The van der Waals surface area contributed by atoms with Gasteiger partial charge in [0.2, 0.25) is 5.95 Å². The Hall–Kier alpha value is -1.55. The third-order valence-electron chi connectivity index (χ3n) is 4.08. The lowest BCUT2D eigenvalue weighted by Gasteiger charge is -2.41. The molecular formula is C14H19N3O. The van der Waals surface area contributed by atoms with Gasteiger partial charge in [0.05, 0.1) is 11.0 Å². The number of aliphatic hydroxyl groups is 1. The summed E-state index contributed by atoms with van der Waals surface area (Å²) in [4.78, 5) is 7.78. The smallest absolute Gasteiger partial charge is 0.201 e. The number of para-hydroxylation sites is 2. The summed E-state index contributed by atoms with van der Waals surface area (Å²) in [7, 11) is 0. The molecule has 1 saturated carbocycles. The predicted molar refractivity (Wildman–Crippen MR) is 72.6 cm³/mol. The Morgan fingerprint density at radius 3 is 2.83 bits per heavy atom. The number of rotatable bonds is 5. The fraction of sp³-hybridized carbons (Fsp3) is 0.500. The van der Waals surface area contributed by atoms with E-state index in [-0.39, 0.29) is 12.0 Å². The molecule has 1 heterocycles. The highest BCUT2D eigenvalue weighted by Gasteiger charge is 2.36. The van der Waals surface area contributed by atoms with Crippen LogP contribution in [0.1, 0.15) is 25.7 Å². The second kappa shape index (κ2) is 4.61. The van der Waals surface area contributed by atoms with Gasteiger partial charge in [-0.2, -0.15) is 0 Å². The Balaban J connectivity index is 1.69. The quantitative estimate of drug-likeness (QED) is 0.758. The van der Waals surface area contributed by atoms with Crippen LogP contribution in [0, 0.1) is 5.41 Å². The average Bonchev–Trinajstić information content (AvgIpc) is 2.75. The number of imidazole rings is 1. The lowest BCUT2D eigenvalue weighted by atomic mass is 9.67. The standard InChI is InChI=1S/C14H19N3O/c18-9-8-14(6-3-7-14)10-15-13-16-11-4-1-2-5-12(11)17-13/h1-2,4-5,18H,3,6-10H2,(H2,15,16,17). The van der Waals surface area contributed by atoms with Gasteiger partial charge in [-0.1, -0.05) is 18.6 Å². The molecule has 4 nitrogen and oxygen atoms in total. The molecule has 1 aromatic carbocycles. The third kappa shape index (κ3) is 2.08. The normalized spacial score (nSPS) is 17.6. The van der Waals surface area contributed by atoms with Gasteiger partial charge in [-0.05, 0) is 36.8 Å². The van der Waals surface area contributed by atoms with Crippen molar-refractivity contribution in [3.63, 3.8) is 0 Å². The molecule has 4 heteroatoms. The van der Waals surface area contributed by atoms with Crippen molar-refractivity contribution in [3.8, 4) is 0 Å². The third-order valence-corrected chi connectivity index (χ3v) is 4.08. The van der Waals surface area contributed by atoms with E-state index in [2.05, 4.69) is 15.3 Å². The molecule has 0 unspecified atom stereocenters. The average molecular weight is 245 g/mol. The van der Waals surface area contributed by atoms with Gasteiger partial charge in [0.15, 0.2) is 0 Å².